The molecule has 0 unspecified atom stereocenters. The van der Waals surface area contributed by atoms with Gasteiger partial charge in [-0.1, -0.05) is 287 Å². The first-order valence-electron chi connectivity index (χ1n) is 32.1. The fraction of sp³-hybridized carbons (Fsp3) is 0.0568. The summed E-state index contributed by atoms with van der Waals surface area (Å²) in [5, 5.41) is 7.52. The van der Waals surface area contributed by atoms with Crippen molar-refractivity contribution < 1.29 is 0 Å². The Balaban J connectivity index is 0.000000140. The Morgan fingerprint density at radius 3 is 0.874 bits per heavy atom. The van der Waals surface area contributed by atoms with Crippen LogP contribution < -0.4 is 0 Å². The number of aryl methyl sites for hydroxylation is 3. The van der Waals surface area contributed by atoms with E-state index in [0.717, 1.165) is 73.4 Å². The first kappa shape index (κ1) is 63.0. The van der Waals surface area contributed by atoms with Crippen LogP contribution in [-0.4, -0.2) is 34.9 Å². The summed E-state index contributed by atoms with van der Waals surface area (Å²) < 4.78 is 0. The van der Waals surface area contributed by atoms with Gasteiger partial charge in [-0.2, -0.15) is 0 Å². The average Bonchev–Trinajstić information content (AvgIpc) is 1.09. The molecule has 95 heavy (non-hydrogen) atoms. The first-order chi connectivity index (χ1) is 46.8. The molecule has 0 bridgehead atoms. The number of aromatic nitrogens is 7. The highest BCUT2D eigenvalue weighted by molar-refractivity contribution is 5.99. The molecule has 0 aliphatic rings. The summed E-state index contributed by atoms with van der Waals surface area (Å²) in [6.07, 6.45) is 10.9. The van der Waals surface area contributed by atoms with E-state index in [0.29, 0.717) is 0 Å². The van der Waals surface area contributed by atoms with Crippen molar-refractivity contribution >= 4 is 32.3 Å². The molecule has 0 aliphatic heterocycles. The molecule has 0 fully saturated rings. The molecule has 16 rings (SSSR count). The lowest BCUT2D eigenvalue weighted by Gasteiger charge is -2.10. The molecule has 0 aliphatic carbocycles. The lowest BCUT2D eigenvalue weighted by molar-refractivity contribution is 1.11. The standard InChI is InChI=1S/C37H26N2.C32H23N3.C11H9N.C6H7N.C2H6/c1-25-24-36(30-20-16-28(17-21-30)34-14-6-10-26-8-2-4-12-32(26)34)39-37(38-25)31-22-18-29(19-23-31)35-15-7-11-27-9-3-5-13-33(27)35;1-22-20-31(26-15-11-23(12-16-26)28-8-5-19-33-21-28)35-32(34-22)27-17-13-25(14-18-27)30-10-4-7-24-6-2-3-9-29(24)30;1-2-5-10(6-3-1)11-7-4-8-12-9-11;1-6-3-2-4-7-5-6;1-2/h2-24H,1H3;2-21H,1H3;1-9H;2-5H,1H3;1-2H3. The van der Waals surface area contributed by atoms with Crippen LogP contribution in [-0.2, 0) is 0 Å². The van der Waals surface area contributed by atoms with Crippen molar-refractivity contribution in [3.8, 4) is 101 Å². The van der Waals surface area contributed by atoms with E-state index in [-0.39, 0.29) is 0 Å². The van der Waals surface area contributed by atoms with Crippen LogP contribution in [0.3, 0.4) is 0 Å². The Hall–Kier alpha value is -12.2. The van der Waals surface area contributed by atoms with Crippen LogP contribution in [0.25, 0.3) is 133 Å². The summed E-state index contributed by atoms with van der Waals surface area (Å²) in [5.74, 6) is 1.48. The molecule has 5 heterocycles. The lowest BCUT2D eigenvalue weighted by atomic mass is 9.97. The highest BCUT2D eigenvalue weighted by atomic mass is 14.9. The van der Waals surface area contributed by atoms with Crippen LogP contribution in [0.2, 0.25) is 0 Å². The molecule has 16 aromatic rings. The van der Waals surface area contributed by atoms with Crippen LogP contribution in [0.4, 0.5) is 0 Å². The Bertz CT molecular complexity index is 4930. The zero-order valence-electron chi connectivity index (χ0n) is 54.0. The molecule has 0 saturated carbocycles. The lowest BCUT2D eigenvalue weighted by Crippen LogP contribution is -1.95. The fourth-order valence-corrected chi connectivity index (χ4v) is 11.5. The van der Waals surface area contributed by atoms with E-state index in [4.69, 9.17) is 19.9 Å². The highest BCUT2D eigenvalue weighted by Gasteiger charge is 2.13. The third-order valence-electron chi connectivity index (χ3n) is 16.2. The van der Waals surface area contributed by atoms with Crippen molar-refractivity contribution in [1.29, 1.82) is 0 Å². The predicted molar refractivity (Wildman–Crippen MR) is 397 cm³/mol. The zero-order chi connectivity index (χ0) is 65.1. The summed E-state index contributed by atoms with van der Waals surface area (Å²) in [7, 11) is 0. The number of fused-ring (bicyclic) bond motifs is 3. The topological polar surface area (TPSA) is 90.2 Å². The van der Waals surface area contributed by atoms with E-state index in [1.165, 1.54) is 76.8 Å². The summed E-state index contributed by atoms with van der Waals surface area (Å²) in [4.78, 5) is 31.5. The molecular weight excluding hydrogens is 1160 g/mol. The van der Waals surface area contributed by atoms with Crippen LogP contribution >= 0.6 is 0 Å². The Kier molecular flexibility index (Phi) is 20.4. The van der Waals surface area contributed by atoms with Gasteiger partial charge in [0.2, 0.25) is 0 Å². The maximum Gasteiger partial charge on any atom is 0.160 e. The van der Waals surface area contributed by atoms with E-state index >= 15 is 0 Å². The molecule has 7 heteroatoms. The Morgan fingerprint density at radius 1 is 0.221 bits per heavy atom. The maximum absolute atomic E-state index is 4.97. The van der Waals surface area contributed by atoms with Crippen LogP contribution in [0.5, 0.6) is 0 Å². The molecule has 5 aromatic heterocycles. The molecular formula is C88H71N7. The molecule has 7 nitrogen and oxygen atoms in total. The zero-order valence-corrected chi connectivity index (χ0v) is 54.0. The molecule has 0 N–H and O–H groups in total. The Labute approximate surface area is 557 Å². The first-order valence-corrected chi connectivity index (χ1v) is 32.1. The van der Waals surface area contributed by atoms with Gasteiger partial charge in [0, 0.05) is 70.8 Å². The van der Waals surface area contributed by atoms with Crippen LogP contribution in [0.1, 0.15) is 30.8 Å². The number of nitrogens with zero attached hydrogens (tertiary/aromatic N) is 7. The van der Waals surface area contributed by atoms with E-state index in [1.807, 2.05) is 102 Å². The number of hydrogen-bond acceptors (Lipinski definition) is 7. The summed E-state index contributed by atoms with van der Waals surface area (Å²) in [6.45, 7) is 10.1. The number of benzene rings is 11. The quantitative estimate of drug-likeness (QED) is 0.142. The van der Waals surface area contributed by atoms with Gasteiger partial charge < -0.3 is 0 Å². The van der Waals surface area contributed by atoms with Gasteiger partial charge in [-0.05, 0) is 145 Å². The van der Waals surface area contributed by atoms with Gasteiger partial charge in [0.1, 0.15) is 0 Å². The van der Waals surface area contributed by atoms with Gasteiger partial charge in [-0.3, -0.25) is 15.0 Å². The second kappa shape index (κ2) is 30.7. The van der Waals surface area contributed by atoms with Crippen molar-refractivity contribution in [2.45, 2.75) is 34.6 Å². The fourth-order valence-electron chi connectivity index (χ4n) is 11.5. The molecule has 0 saturated heterocycles. The second-order valence-corrected chi connectivity index (χ2v) is 22.7. The molecule has 11 aromatic carbocycles. The molecule has 0 radical (unpaired) electrons. The number of hydrogen-bond donors (Lipinski definition) is 0. The normalized spacial score (nSPS) is 10.6. The second-order valence-electron chi connectivity index (χ2n) is 22.7. The van der Waals surface area contributed by atoms with Crippen molar-refractivity contribution in [1.82, 2.24) is 34.9 Å². The van der Waals surface area contributed by atoms with Crippen molar-refractivity contribution in [2.75, 3.05) is 0 Å². The minimum absolute atomic E-state index is 0.737. The summed E-state index contributed by atoms with van der Waals surface area (Å²) >= 11 is 0. The maximum atomic E-state index is 4.97. The van der Waals surface area contributed by atoms with E-state index in [2.05, 4.69) is 270 Å². The smallest absolute Gasteiger partial charge is 0.160 e. The van der Waals surface area contributed by atoms with Gasteiger partial charge in [0.25, 0.3) is 0 Å². The van der Waals surface area contributed by atoms with Gasteiger partial charge in [0.15, 0.2) is 11.6 Å². The highest BCUT2D eigenvalue weighted by Crippen LogP contribution is 2.35. The minimum Gasteiger partial charge on any atom is -0.264 e. The van der Waals surface area contributed by atoms with Gasteiger partial charge in [-0.15, -0.1) is 0 Å². The van der Waals surface area contributed by atoms with Gasteiger partial charge >= 0.3 is 0 Å². The van der Waals surface area contributed by atoms with Crippen molar-refractivity contribution in [2.24, 2.45) is 0 Å². The van der Waals surface area contributed by atoms with E-state index < -0.39 is 0 Å². The summed E-state index contributed by atoms with van der Waals surface area (Å²) in [6, 6.07) is 105. The monoisotopic (exact) mass is 1230 g/mol. The third kappa shape index (κ3) is 15.6. The third-order valence-corrected chi connectivity index (χ3v) is 16.2. The van der Waals surface area contributed by atoms with Crippen molar-refractivity contribution in [3.63, 3.8) is 0 Å². The Morgan fingerprint density at radius 2 is 0.526 bits per heavy atom. The molecule has 0 amide bonds. The van der Waals surface area contributed by atoms with Crippen LogP contribution in [0, 0.1) is 20.8 Å². The largest absolute Gasteiger partial charge is 0.264 e. The molecule has 0 spiro atoms. The van der Waals surface area contributed by atoms with E-state index in [9.17, 15) is 0 Å². The van der Waals surface area contributed by atoms with Gasteiger partial charge in [0.05, 0.1) is 11.4 Å². The number of pyridine rings is 3. The van der Waals surface area contributed by atoms with Crippen LogP contribution in [0.15, 0.2) is 340 Å². The average molecular weight is 1230 g/mol. The summed E-state index contributed by atoms with van der Waals surface area (Å²) in [5.41, 5.74) is 21.0. The number of rotatable bonds is 9. The van der Waals surface area contributed by atoms with Gasteiger partial charge in [-0.25, -0.2) is 19.9 Å². The van der Waals surface area contributed by atoms with Crippen molar-refractivity contribution in [3.05, 3.63) is 357 Å². The predicted octanol–water partition coefficient (Wildman–Crippen LogP) is 22.9. The van der Waals surface area contributed by atoms with E-state index in [1.54, 1.807) is 18.6 Å². The SMILES string of the molecule is CC.Cc1cc(-c2ccc(-c3cccc4ccccc34)cc2)nc(-c2ccc(-c3cccc4ccccc34)cc2)n1.Cc1cc(-c2ccc(-c3cccnc3)cc2)nc(-c2ccc(-c3cccc4ccccc34)cc2)n1.Cc1cccnc1.c1ccc(-c2cccnc2)cc1. The minimum atomic E-state index is 0.737. The molecule has 458 valence electrons. The molecule has 0 atom stereocenters.